The summed E-state index contributed by atoms with van der Waals surface area (Å²) in [5, 5.41) is 11.7. The molecule has 1 aromatic carbocycles. The molecule has 2 aromatic rings. The van der Waals surface area contributed by atoms with Gasteiger partial charge in [-0.3, -0.25) is 9.36 Å². The molecule has 0 radical (unpaired) electrons. The molecule has 0 aliphatic carbocycles. The highest BCUT2D eigenvalue weighted by atomic mass is 32.2. The van der Waals surface area contributed by atoms with Crippen LogP contribution in [0.5, 0.6) is 0 Å². The minimum Gasteiger partial charge on any atom is -0.351 e. The molecule has 0 bridgehead atoms. The van der Waals surface area contributed by atoms with Gasteiger partial charge in [0.2, 0.25) is 5.91 Å². The van der Waals surface area contributed by atoms with E-state index in [2.05, 4.69) is 41.5 Å². The summed E-state index contributed by atoms with van der Waals surface area (Å²) in [7, 11) is 0. The van der Waals surface area contributed by atoms with Crippen molar-refractivity contribution in [1.82, 2.24) is 20.1 Å². The second-order valence-corrected chi connectivity index (χ2v) is 7.28. The maximum atomic E-state index is 11.9. The molecule has 22 heavy (non-hydrogen) atoms. The Balaban J connectivity index is 2.10. The number of nitrogens with zero attached hydrogens (tertiary/aromatic N) is 3. The number of thioether (sulfide) groups is 1. The summed E-state index contributed by atoms with van der Waals surface area (Å²) >= 11 is 1.38. The Morgan fingerprint density at radius 3 is 2.64 bits per heavy atom. The first-order chi connectivity index (χ1) is 10.3. The summed E-state index contributed by atoms with van der Waals surface area (Å²) in [4.78, 5) is 11.9. The van der Waals surface area contributed by atoms with Gasteiger partial charge in [0, 0.05) is 11.2 Å². The second kappa shape index (κ2) is 6.52. The fourth-order valence-electron chi connectivity index (χ4n) is 1.96. The third-order valence-electron chi connectivity index (χ3n) is 3.13. The molecule has 1 aromatic heterocycles. The first kappa shape index (κ1) is 16.5. The van der Waals surface area contributed by atoms with Crippen LogP contribution >= 0.6 is 11.8 Å². The van der Waals surface area contributed by atoms with Crippen LogP contribution in [0.15, 0.2) is 29.7 Å². The smallest absolute Gasteiger partial charge is 0.230 e. The van der Waals surface area contributed by atoms with Crippen molar-refractivity contribution < 1.29 is 4.79 Å². The van der Waals surface area contributed by atoms with Crippen LogP contribution in [0.4, 0.5) is 0 Å². The van der Waals surface area contributed by atoms with Gasteiger partial charge in [0.25, 0.3) is 0 Å². The van der Waals surface area contributed by atoms with Crippen molar-refractivity contribution in [2.24, 2.45) is 0 Å². The lowest BCUT2D eigenvalue weighted by molar-refractivity contribution is -0.119. The first-order valence-corrected chi connectivity index (χ1v) is 8.16. The van der Waals surface area contributed by atoms with E-state index in [1.807, 2.05) is 31.4 Å². The van der Waals surface area contributed by atoms with Gasteiger partial charge < -0.3 is 5.32 Å². The number of rotatable bonds is 4. The van der Waals surface area contributed by atoms with Crippen LogP contribution in [0.1, 0.15) is 31.9 Å². The fraction of sp³-hybridized carbons (Fsp3) is 0.438. The molecular formula is C16H22N4OS. The Hall–Kier alpha value is -1.82. The van der Waals surface area contributed by atoms with Crippen LogP contribution in [-0.2, 0) is 4.79 Å². The highest BCUT2D eigenvalue weighted by molar-refractivity contribution is 7.99. The largest absolute Gasteiger partial charge is 0.351 e. The van der Waals surface area contributed by atoms with Crippen molar-refractivity contribution >= 4 is 17.7 Å². The number of hydrogen-bond donors (Lipinski definition) is 1. The Bertz CT molecular complexity index is 673. The van der Waals surface area contributed by atoms with Crippen LogP contribution in [0.25, 0.3) is 5.69 Å². The molecule has 6 heteroatoms. The summed E-state index contributed by atoms with van der Waals surface area (Å²) in [5.41, 5.74) is 3.24. The van der Waals surface area contributed by atoms with Gasteiger partial charge in [0.1, 0.15) is 6.33 Å². The Kier molecular flexibility index (Phi) is 4.90. The van der Waals surface area contributed by atoms with Crippen molar-refractivity contribution in [2.45, 2.75) is 45.3 Å². The van der Waals surface area contributed by atoms with Crippen molar-refractivity contribution in [3.05, 3.63) is 35.7 Å². The molecule has 0 unspecified atom stereocenters. The zero-order valence-electron chi connectivity index (χ0n) is 13.7. The van der Waals surface area contributed by atoms with Gasteiger partial charge in [-0.25, -0.2) is 0 Å². The topological polar surface area (TPSA) is 59.8 Å². The molecule has 0 spiro atoms. The number of carbonyl (C=O) groups is 1. The number of aromatic nitrogens is 3. The highest BCUT2D eigenvalue weighted by Gasteiger charge is 2.15. The van der Waals surface area contributed by atoms with Gasteiger partial charge in [-0.2, -0.15) is 0 Å². The first-order valence-electron chi connectivity index (χ1n) is 7.18. The van der Waals surface area contributed by atoms with Crippen LogP contribution in [0.2, 0.25) is 0 Å². The third kappa shape index (κ3) is 4.34. The van der Waals surface area contributed by atoms with E-state index in [0.29, 0.717) is 10.9 Å². The van der Waals surface area contributed by atoms with Gasteiger partial charge in [0.05, 0.1) is 5.75 Å². The van der Waals surface area contributed by atoms with E-state index in [1.165, 1.54) is 22.9 Å². The van der Waals surface area contributed by atoms with E-state index in [4.69, 9.17) is 0 Å². The number of aryl methyl sites for hydroxylation is 2. The fourth-order valence-corrected chi connectivity index (χ4v) is 2.69. The van der Waals surface area contributed by atoms with Crippen LogP contribution in [0, 0.1) is 13.8 Å². The van der Waals surface area contributed by atoms with Crippen LogP contribution in [0.3, 0.4) is 0 Å². The molecule has 0 aliphatic rings. The molecule has 0 atom stereocenters. The Labute approximate surface area is 135 Å². The van der Waals surface area contributed by atoms with Gasteiger partial charge in [0.15, 0.2) is 5.16 Å². The average Bonchev–Trinajstić information content (AvgIpc) is 2.86. The van der Waals surface area contributed by atoms with Crippen LogP contribution < -0.4 is 5.32 Å². The van der Waals surface area contributed by atoms with Crippen LogP contribution in [-0.4, -0.2) is 32.0 Å². The molecule has 1 N–H and O–H groups in total. The number of amides is 1. The molecule has 2 rings (SSSR count). The molecule has 0 aliphatic heterocycles. The predicted octanol–water partition coefficient (Wildman–Crippen LogP) is 2.89. The van der Waals surface area contributed by atoms with Crippen molar-refractivity contribution in [1.29, 1.82) is 0 Å². The molecule has 1 amide bonds. The zero-order chi connectivity index (χ0) is 16.3. The number of carbonyl (C=O) groups excluding carboxylic acids is 1. The van der Waals surface area contributed by atoms with Crippen molar-refractivity contribution in [3.8, 4) is 5.69 Å². The SMILES string of the molecule is Cc1ccc(-n2cnnc2SCC(=O)NC(C)(C)C)cc1C. The van der Waals surface area contributed by atoms with E-state index in [1.54, 1.807) is 6.33 Å². The lowest BCUT2D eigenvalue weighted by Crippen LogP contribution is -2.41. The van der Waals surface area contributed by atoms with E-state index >= 15 is 0 Å². The lowest BCUT2D eigenvalue weighted by Gasteiger charge is -2.20. The molecule has 5 nitrogen and oxygen atoms in total. The monoisotopic (exact) mass is 318 g/mol. The summed E-state index contributed by atoms with van der Waals surface area (Å²) in [5.74, 6) is 0.313. The second-order valence-electron chi connectivity index (χ2n) is 6.34. The minimum absolute atomic E-state index is 0.00728. The van der Waals surface area contributed by atoms with E-state index in [-0.39, 0.29) is 11.4 Å². The molecule has 0 saturated heterocycles. The van der Waals surface area contributed by atoms with E-state index in [0.717, 1.165) is 5.69 Å². The summed E-state index contributed by atoms with van der Waals surface area (Å²) in [6, 6.07) is 6.20. The van der Waals surface area contributed by atoms with Gasteiger partial charge >= 0.3 is 0 Å². The maximum absolute atomic E-state index is 11.9. The normalized spacial score (nSPS) is 11.5. The number of hydrogen-bond acceptors (Lipinski definition) is 4. The predicted molar refractivity (Wildman–Crippen MR) is 89.5 cm³/mol. The summed E-state index contributed by atoms with van der Waals surface area (Å²) in [6.07, 6.45) is 1.67. The zero-order valence-corrected chi connectivity index (χ0v) is 14.5. The minimum atomic E-state index is -0.223. The third-order valence-corrected chi connectivity index (χ3v) is 4.07. The van der Waals surface area contributed by atoms with Gasteiger partial charge in [-0.1, -0.05) is 17.8 Å². The van der Waals surface area contributed by atoms with Crippen molar-refractivity contribution in [2.75, 3.05) is 5.75 Å². The Morgan fingerprint density at radius 1 is 1.27 bits per heavy atom. The lowest BCUT2D eigenvalue weighted by atomic mass is 10.1. The number of benzene rings is 1. The molecular weight excluding hydrogens is 296 g/mol. The quantitative estimate of drug-likeness (QED) is 0.881. The average molecular weight is 318 g/mol. The van der Waals surface area contributed by atoms with E-state index < -0.39 is 0 Å². The van der Waals surface area contributed by atoms with Gasteiger partial charge in [-0.15, -0.1) is 10.2 Å². The molecule has 1 heterocycles. The van der Waals surface area contributed by atoms with Crippen molar-refractivity contribution in [3.63, 3.8) is 0 Å². The standard InChI is InChI=1S/C16H22N4OS/c1-11-6-7-13(8-12(11)2)20-10-17-19-15(20)22-9-14(21)18-16(3,4)5/h6-8,10H,9H2,1-5H3,(H,18,21). The highest BCUT2D eigenvalue weighted by Crippen LogP contribution is 2.21. The number of nitrogens with one attached hydrogen (secondary N) is 1. The van der Waals surface area contributed by atoms with E-state index in [9.17, 15) is 4.79 Å². The Morgan fingerprint density at radius 2 is 2.00 bits per heavy atom. The molecule has 118 valence electrons. The molecule has 0 fully saturated rings. The molecule has 0 saturated carbocycles. The summed E-state index contributed by atoms with van der Waals surface area (Å²) < 4.78 is 1.90. The maximum Gasteiger partial charge on any atom is 0.230 e. The van der Waals surface area contributed by atoms with Gasteiger partial charge in [-0.05, 0) is 57.9 Å². The summed E-state index contributed by atoms with van der Waals surface area (Å²) in [6.45, 7) is 10.1.